The third kappa shape index (κ3) is 13.4. The summed E-state index contributed by atoms with van der Waals surface area (Å²) in [6.07, 6.45) is -0.167. The van der Waals surface area contributed by atoms with Crippen molar-refractivity contribution in [3.63, 3.8) is 0 Å². The summed E-state index contributed by atoms with van der Waals surface area (Å²) in [4.78, 5) is 25.9. The van der Waals surface area contributed by atoms with Crippen LogP contribution < -0.4 is 5.32 Å². The van der Waals surface area contributed by atoms with Gasteiger partial charge in [0, 0.05) is 13.0 Å². The van der Waals surface area contributed by atoms with Crippen molar-refractivity contribution < 1.29 is 19.8 Å². The molecule has 112 valence electrons. The van der Waals surface area contributed by atoms with E-state index in [1.54, 1.807) is 32.0 Å². The Kier molecular flexibility index (Phi) is 13.7. The van der Waals surface area contributed by atoms with Gasteiger partial charge >= 0.3 is 37.0 Å². The van der Waals surface area contributed by atoms with Crippen molar-refractivity contribution in [2.75, 3.05) is 5.32 Å². The number of carbonyl (C=O) groups is 2. The molecular formula is C14H23NO4Sn. The van der Waals surface area contributed by atoms with Crippen molar-refractivity contribution in [3.05, 3.63) is 29.8 Å². The van der Waals surface area contributed by atoms with E-state index in [1.165, 1.54) is 13.0 Å². The van der Waals surface area contributed by atoms with Crippen LogP contribution in [-0.4, -0.2) is 49.3 Å². The molecule has 0 aliphatic rings. The maximum atomic E-state index is 10.7. The first-order valence-corrected chi connectivity index (χ1v) is 11.8. The maximum absolute atomic E-state index is 10.7. The zero-order chi connectivity index (χ0) is 16.1. The van der Waals surface area contributed by atoms with Gasteiger partial charge in [0.05, 0.1) is 11.3 Å². The predicted molar refractivity (Wildman–Crippen MR) is 82.5 cm³/mol. The molecule has 3 N–H and O–H groups in total. The molecule has 6 heteroatoms. The van der Waals surface area contributed by atoms with Gasteiger partial charge in [-0.05, 0) is 26.0 Å². The molecule has 1 aromatic carbocycles. The Morgan fingerprint density at radius 1 is 1.20 bits per heavy atom. The fourth-order valence-electron chi connectivity index (χ4n) is 0.968. The third-order valence-corrected chi connectivity index (χ3v) is 1.47. The molecule has 0 aliphatic carbocycles. The van der Waals surface area contributed by atoms with Gasteiger partial charge in [-0.2, -0.15) is 0 Å². The summed E-state index contributed by atoms with van der Waals surface area (Å²) in [6, 6.07) is 6.25. The summed E-state index contributed by atoms with van der Waals surface area (Å²) in [5.41, 5.74) is 0.417. The second-order valence-electron chi connectivity index (χ2n) is 4.13. The second-order valence-corrected chi connectivity index (χ2v) is 6.98. The van der Waals surface area contributed by atoms with Gasteiger partial charge in [0.2, 0.25) is 5.91 Å². The second kappa shape index (κ2) is 12.9. The van der Waals surface area contributed by atoms with Crippen molar-refractivity contribution in [1.82, 2.24) is 0 Å². The molecule has 0 unspecified atom stereocenters. The Hall–Kier alpha value is -1.08. The Morgan fingerprint density at radius 2 is 1.60 bits per heavy atom. The predicted octanol–water partition coefficient (Wildman–Crippen LogP) is 2.52. The number of aliphatic hydroxyl groups excluding tert-OH is 1. The van der Waals surface area contributed by atoms with E-state index in [-0.39, 0.29) is 38.7 Å². The Labute approximate surface area is 130 Å². The van der Waals surface area contributed by atoms with E-state index in [9.17, 15) is 9.59 Å². The molecule has 0 heterocycles. The fraction of sp³-hybridized carbons (Fsp3) is 0.429. The van der Waals surface area contributed by atoms with Crippen LogP contribution in [0, 0.1) is 0 Å². The first-order valence-electron chi connectivity index (χ1n) is 6.12. The number of carboxylic acids is 1. The third-order valence-electron chi connectivity index (χ3n) is 1.47. The molecule has 20 heavy (non-hydrogen) atoms. The summed E-state index contributed by atoms with van der Waals surface area (Å²) >= 11 is 0.230. The molecule has 0 aliphatic heterocycles. The van der Waals surface area contributed by atoms with Gasteiger partial charge in [-0.1, -0.05) is 12.1 Å². The molecule has 0 fully saturated rings. The van der Waals surface area contributed by atoms with Crippen LogP contribution in [0.1, 0.15) is 31.1 Å². The van der Waals surface area contributed by atoms with Crippen LogP contribution in [0.3, 0.4) is 0 Å². The fourth-order valence-corrected chi connectivity index (χ4v) is 0.968. The molecule has 0 saturated carbocycles. The quantitative estimate of drug-likeness (QED) is 0.680. The van der Waals surface area contributed by atoms with Crippen molar-refractivity contribution in [2.24, 2.45) is 0 Å². The SMILES string of the molecule is CC(=O)Nc1ccccc1C(=O)O.CC(C)O.[CH3][Sn][CH3]. The van der Waals surface area contributed by atoms with Gasteiger partial charge in [0.25, 0.3) is 0 Å². The molecule has 0 spiro atoms. The van der Waals surface area contributed by atoms with E-state index in [1.807, 2.05) is 0 Å². The standard InChI is InChI=1S/C9H9NO3.C3H8O.2CH3.Sn/c1-6(11)10-8-5-3-2-4-7(8)9(12)13;1-3(2)4;;;/h2-5H,1H3,(H,10,11)(H,12,13);3-4H,1-2H3;2*1H3;. The number of hydrogen-bond donors (Lipinski definition) is 3. The van der Waals surface area contributed by atoms with Gasteiger partial charge in [-0.3, -0.25) is 4.79 Å². The van der Waals surface area contributed by atoms with Gasteiger partial charge in [0.15, 0.2) is 0 Å². The Balaban J connectivity index is 0. The van der Waals surface area contributed by atoms with Crippen molar-refractivity contribution in [3.8, 4) is 0 Å². The molecule has 5 nitrogen and oxygen atoms in total. The summed E-state index contributed by atoms with van der Waals surface area (Å²) in [5.74, 6) is -1.34. The van der Waals surface area contributed by atoms with E-state index >= 15 is 0 Å². The van der Waals surface area contributed by atoms with Crippen LogP contribution in [0.5, 0.6) is 0 Å². The van der Waals surface area contributed by atoms with E-state index in [0.29, 0.717) is 5.69 Å². The van der Waals surface area contributed by atoms with Crippen molar-refractivity contribution in [1.29, 1.82) is 0 Å². The van der Waals surface area contributed by atoms with Gasteiger partial charge < -0.3 is 15.5 Å². The Bertz CT molecular complexity index is 405. The summed E-state index contributed by atoms with van der Waals surface area (Å²) in [6.45, 7) is 4.78. The summed E-state index contributed by atoms with van der Waals surface area (Å²) in [5, 5.41) is 19.2. The number of carboxylic acid groups (broad SMARTS) is 1. The van der Waals surface area contributed by atoms with Crippen LogP contribution in [0.2, 0.25) is 9.88 Å². The zero-order valence-corrected chi connectivity index (χ0v) is 15.5. The van der Waals surface area contributed by atoms with Crippen molar-refractivity contribution >= 4 is 38.7 Å². The normalized spacial score (nSPS) is 8.75. The number of aromatic carboxylic acids is 1. The molecule has 1 aromatic rings. The Morgan fingerprint density at radius 3 is 1.95 bits per heavy atom. The van der Waals surface area contributed by atoms with Gasteiger partial charge in [-0.15, -0.1) is 0 Å². The molecule has 0 saturated heterocycles. The number of carbonyl (C=O) groups excluding carboxylic acids is 1. The van der Waals surface area contributed by atoms with E-state index in [4.69, 9.17) is 10.2 Å². The number of hydrogen-bond acceptors (Lipinski definition) is 3. The van der Waals surface area contributed by atoms with E-state index in [0.717, 1.165) is 0 Å². The number of nitrogens with one attached hydrogen (secondary N) is 1. The number of benzene rings is 1. The number of amides is 1. The first-order chi connectivity index (χ1) is 9.26. The van der Waals surface area contributed by atoms with E-state index in [2.05, 4.69) is 15.2 Å². The minimum absolute atomic E-state index is 0.0951. The minimum atomic E-state index is -1.05. The topological polar surface area (TPSA) is 86.6 Å². The summed E-state index contributed by atoms with van der Waals surface area (Å²) in [7, 11) is 0. The molecular weight excluding hydrogens is 365 g/mol. The van der Waals surface area contributed by atoms with Crippen LogP contribution >= 0.6 is 0 Å². The van der Waals surface area contributed by atoms with Crippen LogP contribution in [0.25, 0.3) is 0 Å². The van der Waals surface area contributed by atoms with Crippen LogP contribution in [0.4, 0.5) is 5.69 Å². The molecule has 1 rings (SSSR count). The number of anilines is 1. The summed E-state index contributed by atoms with van der Waals surface area (Å²) < 4.78 is 0. The molecule has 0 atom stereocenters. The molecule has 2 radical (unpaired) electrons. The van der Waals surface area contributed by atoms with Gasteiger partial charge in [-0.25, -0.2) is 4.79 Å². The average Bonchev–Trinajstić information content (AvgIpc) is 2.28. The number of rotatable bonds is 2. The number of para-hydroxylation sites is 1. The van der Waals surface area contributed by atoms with Gasteiger partial charge in [0.1, 0.15) is 0 Å². The molecule has 0 aromatic heterocycles. The van der Waals surface area contributed by atoms with Crippen molar-refractivity contribution in [2.45, 2.75) is 36.8 Å². The van der Waals surface area contributed by atoms with Crippen LogP contribution in [0.15, 0.2) is 24.3 Å². The monoisotopic (exact) mass is 389 g/mol. The average molecular weight is 388 g/mol. The van der Waals surface area contributed by atoms with Crippen LogP contribution in [-0.2, 0) is 4.79 Å². The number of aliphatic hydroxyl groups is 1. The van der Waals surface area contributed by atoms with E-state index < -0.39 is 5.97 Å². The zero-order valence-electron chi connectivity index (χ0n) is 12.6. The molecule has 1 amide bonds. The molecule has 0 bridgehead atoms. The first kappa shape index (κ1) is 21.2.